The lowest BCUT2D eigenvalue weighted by atomic mass is 10.2. The Balaban J connectivity index is 3.16. The minimum Gasteiger partial charge on any atom is -0.385 e. The highest BCUT2D eigenvalue weighted by molar-refractivity contribution is 4.61. The summed E-state index contributed by atoms with van der Waals surface area (Å²) in [6.45, 7) is 0.297. The van der Waals surface area contributed by atoms with E-state index < -0.39 is 12.5 Å². The van der Waals surface area contributed by atoms with Gasteiger partial charge in [-0.2, -0.15) is 0 Å². The minimum absolute atomic E-state index is 0.216. The van der Waals surface area contributed by atoms with Gasteiger partial charge >= 0.3 is 0 Å². The molecule has 9 heavy (non-hydrogen) atoms. The van der Waals surface area contributed by atoms with E-state index in [9.17, 15) is 8.78 Å². The molecule has 0 aromatic carbocycles. The standard InChI is InChI=1S/C5H11F2NO/c1-9-3-2-4(8)5(6)7/h4-5H,2-3,8H2,1H3. The Kier molecular flexibility index (Phi) is 4.53. The van der Waals surface area contributed by atoms with E-state index in [4.69, 9.17) is 5.73 Å². The predicted molar refractivity (Wildman–Crippen MR) is 30.5 cm³/mol. The van der Waals surface area contributed by atoms with E-state index in [1.165, 1.54) is 7.11 Å². The molecule has 0 bridgehead atoms. The second kappa shape index (κ2) is 4.64. The van der Waals surface area contributed by atoms with Crippen LogP contribution in [0.2, 0.25) is 0 Å². The fraction of sp³-hybridized carbons (Fsp3) is 1.00. The van der Waals surface area contributed by atoms with Crippen molar-refractivity contribution in [3.05, 3.63) is 0 Å². The van der Waals surface area contributed by atoms with E-state index in [0.29, 0.717) is 6.61 Å². The van der Waals surface area contributed by atoms with Crippen molar-refractivity contribution >= 4 is 0 Å². The van der Waals surface area contributed by atoms with Crippen LogP contribution in [0, 0.1) is 0 Å². The molecule has 2 N–H and O–H groups in total. The second-order valence-corrected chi connectivity index (χ2v) is 1.78. The van der Waals surface area contributed by atoms with Crippen molar-refractivity contribution in [1.29, 1.82) is 0 Å². The zero-order valence-electron chi connectivity index (χ0n) is 5.31. The molecule has 0 spiro atoms. The van der Waals surface area contributed by atoms with Crippen molar-refractivity contribution in [2.75, 3.05) is 13.7 Å². The topological polar surface area (TPSA) is 35.2 Å². The quantitative estimate of drug-likeness (QED) is 0.619. The smallest absolute Gasteiger partial charge is 0.253 e. The fourth-order valence-corrected chi connectivity index (χ4v) is 0.380. The van der Waals surface area contributed by atoms with Gasteiger partial charge < -0.3 is 10.5 Å². The Hall–Kier alpha value is -0.220. The molecule has 0 aromatic rings. The van der Waals surface area contributed by atoms with E-state index in [2.05, 4.69) is 4.74 Å². The number of ether oxygens (including phenoxy) is 1. The van der Waals surface area contributed by atoms with Crippen LogP contribution in [0.4, 0.5) is 8.78 Å². The summed E-state index contributed by atoms with van der Waals surface area (Å²) in [5.74, 6) is 0. The van der Waals surface area contributed by atoms with E-state index in [1.54, 1.807) is 0 Å². The maximum absolute atomic E-state index is 11.6. The molecule has 0 aliphatic rings. The van der Waals surface area contributed by atoms with Gasteiger partial charge in [0, 0.05) is 13.7 Å². The van der Waals surface area contributed by atoms with Crippen molar-refractivity contribution in [3.8, 4) is 0 Å². The third-order valence-corrected chi connectivity index (χ3v) is 0.979. The molecule has 0 saturated carbocycles. The maximum atomic E-state index is 11.6. The first-order valence-electron chi connectivity index (χ1n) is 2.71. The third-order valence-electron chi connectivity index (χ3n) is 0.979. The molecular formula is C5H11F2NO. The third kappa shape index (κ3) is 4.29. The van der Waals surface area contributed by atoms with Crippen LogP contribution < -0.4 is 5.73 Å². The molecule has 56 valence electrons. The van der Waals surface area contributed by atoms with Crippen molar-refractivity contribution in [2.45, 2.75) is 18.9 Å². The summed E-state index contributed by atoms with van der Waals surface area (Å²) in [5, 5.41) is 0. The van der Waals surface area contributed by atoms with Crippen LogP contribution in [0.5, 0.6) is 0 Å². The molecule has 0 fully saturated rings. The van der Waals surface area contributed by atoms with Gasteiger partial charge in [-0.05, 0) is 6.42 Å². The Morgan fingerprint density at radius 3 is 2.44 bits per heavy atom. The molecular weight excluding hydrogens is 128 g/mol. The van der Waals surface area contributed by atoms with Gasteiger partial charge in [-0.25, -0.2) is 8.78 Å². The SMILES string of the molecule is COCCC(N)C(F)F. The van der Waals surface area contributed by atoms with Gasteiger partial charge in [0.15, 0.2) is 0 Å². The van der Waals surface area contributed by atoms with Crippen LogP contribution in [0.25, 0.3) is 0 Å². The van der Waals surface area contributed by atoms with Crippen LogP contribution in [0.3, 0.4) is 0 Å². The van der Waals surface area contributed by atoms with Crippen molar-refractivity contribution in [3.63, 3.8) is 0 Å². The van der Waals surface area contributed by atoms with E-state index >= 15 is 0 Å². The number of methoxy groups -OCH3 is 1. The Morgan fingerprint density at radius 1 is 1.56 bits per heavy atom. The highest BCUT2D eigenvalue weighted by atomic mass is 19.3. The summed E-state index contributed by atoms with van der Waals surface area (Å²) < 4.78 is 27.7. The number of hydrogen-bond donors (Lipinski definition) is 1. The first kappa shape index (κ1) is 8.78. The average molecular weight is 139 g/mol. The number of hydrogen-bond acceptors (Lipinski definition) is 2. The van der Waals surface area contributed by atoms with E-state index in [-0.39, 0.29) is 6.42 Å². The molecule has 0 amide bonds. The zero-order chi connectivity index (χ0) is 7.28. The summed E-state index contributed by atoms with van der Waals surface area (Å²) in [6, 6.07) is -1.04. The summed E-state index contributed by atoms with van der Waals surface area (Å²) in [7, 11) is 1.46. The Labute approximate surface area is 53.0 Å². The molecule has 1 atom stereocenters. The zero-order valence-corrected chi connectivity index (χ0v) is 5.31. The number of halogens is 2. The maximum Gasteiger partial charge on any atom is 0.253 e. The molecule has 0 rings (SSSR count). The normalized spacial score (nSPS) is 14.3. The van der Waals surface area contributed by atoms with E-state index in [0.717, 1.165) is 0 Å². The molecule has 0 heterocycles. The first-order chi connectivity index (χ1) is 4.18. The van der Waals surface area contributed by atoms with Crippen LogP contribution in [-0.4, -0.2) is 26.2 Å². The van der Waals surface area contributed by atoms with Gasteiger partial charge in [-0.15, -0.1) is 0 Å². The lowest BCUT2D eigenvalue weighted by Gasteiger charge is -2.07. The molecule has 0 aromatic heterocycles. The second-order valence-electron chi connectivity index (χ2n) is 1.78. The molecule has 0 radical (unpaired) electrons. The van der Waals surface area contributed by atoms with Gasteiger partial charge in [-0.3, -0.25) is 0 Å². The Bertz CT molecular complexity index is 70.0. The van der Waals surface area contributed by atoms with Gasteiger partial charge in [0.1, 0.15) is 0 Å². The number of rotatable bonds is 4. The molecule has 4 heteroatoms. The molecule has 1 unspecified atom stereocenters. The molecule has 0 saturated heterocycles. The summed E-state index contributed by atoms with van der Waals surface area (Å²) >= 11 is 0. The predicted octanol–water partition coefficient (Wildman–Crippen LogP) is 0.615. The van der Waals surface area contributed by atoms with Crippen molar-refractivity contribution in [2.24, 2.45) is 5.73 Å². The number of nitrogens with two attached hydrogens (primary N) is 1. The van der Waals surface area contributed by atoms with Crippen LogP contribution in [0.1, 0.15) is 6.42 Å². The van der Waals surface area contributed by atoms with Crippen molar-refractivity contribution < 1.29 is 13.5 Å². The lowest BCUT2D eigenvalue weighted by Crippen LogP contribution is -2.29. The van der Waals surface area contributed by atoms with Crippen LogP contribution in [-0.2, 0) is 4.74 Å². The molecule has 0 aliphatic heterocycles. The first-order valence-corrected chi connectivity index (χ1v) is 2.71. The average Bonchev–Trinajstić information content (AvgIpc) is 1.82. The van der Waals surface area contributed by atoms with Crippen LogP contribution >= 0.6 is 0 Å². The highest BCUT2D eigenvalue weighted by Gasteiger charge is 2.13. The molecule has 0 aliphatic carbocycles. The summed E-state index contributed by atoms with van der Waals surface area (Å²) in [4.78, 5) is 0. The summed E-state index contributed by atoms with van der Waals surface area (Å²) in [5.41, 5.74) is 4.97. The van der Waals surface area contributed by atoms with Gasteiger partial charge in [0.05, 0.1) is 6.04 Å². The monoisotopic (exact) mass is 139 g/mol. The Morgan fingerprint density at radius 2 is 2.11 bits per heavy atom. The molecule has 2 nitrogen and oxygen atoms in total. The lowest BCUT2D eigenvalue weighted by molar-refractivity contribution is 0.0926. The van der Waals surface area contributed by atoms with Crippen LogP contribution in [0.15, 0.2) is 0 Å². The van der Waals surface area contributed by atoms with Gasteiger partial charge in [0.25, 0.3) is 6.43 Å². The number of alkyl halides is 2. The van der Waals surface area contributed by atoms with Gasteiger partial charge in [-0.1, -0.05) is 0 Å². The highest BCUT2D eigenvalue weighted by Crippen LogP contribution is 2.01. The van der Waals surface area contributed by atoms with Crippen molar-refractivity contribution in [1.82, 2.24) is 0 Å². The minimum atomic E-state index is -2.43. The largest absolute Gasteiger partial charge is 0.385 e. The fourth-order valence-electron chi connectivity index (χ4n) is 0.380. The van der Waals surface area contributed by atoms with Gasteiger partial charge in [0.2, 0.25) is 0 Å². The van der Waals surface area contributed by atoms with E-state index in [1.807, 2.05) is 0 Å². The summed E-state index contributed by atoms with van der Waals surface area (Å²) in [6.07, 6.45) is -2.21.